The molecule has 4 nitrogen and oxygen atoms in total. The number of nitrogens with one attached hydrogen (secondary N) is 1. The number of hydrogen-bond acceptors (Lipinski definition) is 4. The molecule has 120 valence electrons. The van der Waals surface area contributed by atoms with Crippen molar-refractivity contribution in [3.63, 3.8) is 0 Å². The number of rotatable bonds is 9. The molecule has 0 spiro atoms. The van der Waals surface area contributed by atoms with E-state index in [2.05, 4.69) is 29.1 Å². The molecule has 0 aromatic carbocycles. The first-order valence-corrected chi connectivity index (χ1v) is 7.29. The van der Waals surface area contributed by atoms with E-state index in [-0.39, 0.29) is 6.61 Å². The normalized spacial score (nSPS) is 11.6. The van der Waals surface area contributed by atoms with Gasteiger partial charge >= 0.3 is 0 Å². The molecule has 0 saturated carbocycles. The maximum atomic E-state index is 12.0. The van der Waals surface area contributed by atoms with Crippen LogP contribution in [0.25, 0.3) is 0 Å². The summed E-state index contributed by atoms with van der Waals surface area (Å²) in [6.07, 6.45) is -1.97. The van der Waals surface area contributed by atoms with Crippen molar-refractivity contribution in [2.45, 2.75) is 47.1 Å². The average Bonchev–Trinajstić information content (AvgIpc) is 2.37. The van der Waals surface area contributed by atoms with E-state index in [0.717, 1.165) is 30.0 Å². The molecule has 1 rings (SSSR count). The van der Waals surface area contributed by atoms with Gasteiger partial charge in [-0.05, 0) is 26.3 Å². The first kappa shape index (κ1) is 17.9. The summed E-state index contributed by atoms with van der Waals surface area (Å²) in [4.78, 5) is 8.86. The van der Waals surface area contributed by atoms with E-state index in [0.29, 0.717) is 18.2 Å². The average molecular weight is 301 g/mol. The predicted octanol–water partition coefficient (Wildman–Crippen LogP) is 2.66. The van der Waals surface area contributed by atoms with E-state index < -0.39 is 13.0 Å². The third kappa shape index (κ3) is 6.91. The van der Waals surface area contributed by atoms with Gasteiger partial charge in [0.2, 0.25) is 0 Å². The van der Waals surface area contributed by atoms with Gasteiger partial charge in [0.1, 0.15) is 12.4 Å². The molecular formula is C15H25F2N3O. The number of ether oxygens (including phenoxy) is 1. The van der Waals surface area contributed by atoms with Crippen LogP contribution in [0.1, 0.15) is 36.6 Å². The van der Waals surface area contributed by atoms with Gasteiger partial charge in [-0.2, -0.15) is 0 Å². The Labute approximate surface area is 125 Å². The fourth-order valence-corrected chi connectivity index (χ4v) is 2.00. The van der Waals surface area contributed by atoms with Crippen LogP contribution >= 0.6 is 0 Å². The van der Waals surface area contributed by atoms with Gasteiger partial charge in [-0.15, -0.1) is 0 Å². The molecule has 0 fully saturated rings. The van der Waals surface area contributed by atoms with Crippen molar-refractivity contribution in [3.05, 3.63) is 22.8 Å². The molecule has 0 aliphatic rings. The second kappa shape index (κ2) is 9.00. The number of halogens is 2. The Morgan fingerprint density at radius 3 is 2.29 bits per heavy atom. The Kier molecular flexibility index (Phi) is 7.67. The monoisotopic (exact) mass is 301 g/mol. The Morgan fingerprint density at radius 1 is 1.14 bits per heavy atom. The maximum Gasteiger partial charge on any atom is 0.261 e. The highest BCUT2D eigenvalue weighted by molar-refractivity contribution is 5.24. The summed E-state index contributed by atoms with van der Waals surface area (Å²) in [6, 6.07) is 0. The fourth-order valence-electron chi connectivity index (χ4n) is 2.00. The Morgan fingerprint density at radius 2 is 1.76 bits per heavy atom. The summed E-state index contributed by atoms with van der Waals surface area (Å²) in [5, 5.41) is 3.38. The van der Waals surface area contributed by atoms with Crippen LogP contribution in [-0.2, 0) is 17.7 Å². The van der Waals surface area contributed by atoms with E-state index >= 15 is 0 Å². The Bertz CT molecular complexity index is 416. The number of aryl methyl sites for hydroxylation is 2. The molecule has 1 aromatic heterocycles. The van der Waals surface area contributed by atoms with Crippen molar-refractivity contribution < 1.29 is 13.5 Å². The summed E-state index contributed by atoms with van der Waals surface area (Å²) < 4.78 is 28.8. The molecule has 0 unspecified atom stereocenters. The molecule has 0 radical (unpaired) electrons. The third-order valence-electron chi connectivity index (χ3n) is 3.04. The van der Waals surface area contributed by atoms with E-state index in [9.17, 15) is 8.78 Å². The predicted molar refractivity (Wildman–Crippen MR) is 78.6 cm³/mol. The van der Waals surface area contributed by atoms with Crippen LogP contribution < -0.4 is 5.32 Å². The molecule has 1 heterocycles. The largest absolute Gasteiger partial charge is 0.375 e. The van der Waals surface area contributed by atoms with Crippen LogP contribution in [0.3, 0.4) is 0 Å². The minimum atomic E-state index is -2.43. The van der Waals surface area contributed by atoms with Gasteiger partial charge in [0.15, 0.2) is 0 Å². The van der Waals surface area contributed by atoms with Crippen molar-refractivity contribution in [2.75, 3.05) is 19.8 Å². The highest BCUT2D eigenvalue weighted by atomic mass is 19.3. The molecule has 0 aliphatic carbocycles. The van der Waals surface area contributed by atoms with Gasteiger partial charge in [-0.3, -0.25) is 0 Å². The molecule has 0 aliphatic heterocycles. The molecule has 1 N–H and O–H groups in total. The minimum Gasteiger partial charge on any atom is -0.375 e. The zero-order chi connectivity index (χ0) is 15.8. The van der Waals surface area contributed by atoms with E-state index in [1.54, 1.807) is 0 Å². The Balaban J connectivity index is 2.54. The second-order valence-electron chi connectivity index (χ2n) is 5.53. The molecular weight excluding hydrogens is 276 g/mol. The highest BCUT2D eigenvalue weighted by Crippen LogP contribution is 2.11. The lowest BCUT2D eigenvalue weighted by molar-refractivity contribution is 0.0182. The molecule has 21 heavy (non-hydrogen) atoms. The zero-order valence-electron chi connectivity index (χ0n) is 13.2. The number of aromatic nitrogens is 2. The molecule has 1 aromatic rings. The summed E-state index contributed by atoms with van der Waals surface area (Å²) >= 11 is 0. The van der Waals surface area contributed by atoms with Crippen LogP contribution in [0, 0.1) is 19.8 Å². The van der Waals surface area contributed by atoms with Crippen molar-refractivity contribution >= 4 is 0 Å². The highest BCUT2D eigenvalue weighted by Gasteiger charge is 2.09. The lowest BCUT2D eigenvalue weighted by Crippen LogP contribution is -2.21. The van der Waals surface area contributed by atoms with Gasteiger partial charge in [-0.25, -0.2) is 18.7 Å². The first-order valence-electron chi connectivity index (χ1n) is 7.29. The van der Waals surface area contributed by atoms with Gasteiger partial charge in [-0.1, -0.05) is 13.8 Å². The van der Waals surface area contributed by atoms with Crippen molar-refractivity contribution in [2.24, 2.45) is 5.92 Å². The van der Waals surface area contributed by atoms with E-state index in [1.807, 2.05) is 13.8 Å². The summed E-state index contributed by atoms with van der Waals surface area (Å²) in [5.74, 6) is 1.24. The summed E-state index contributed by atoms with van der Waals surface area (Å²) in [6.45, 7) is 9.59. The van der Waals surface area contributed by atoms with Gasteiger partial charge in [0, 0.05) is 29.9 Å². The second-order valence-corrected chi connectivity index (χ2v) is 5.53. The van der Waals surface area contributed by atoms with Crippen LogP contribution in [0.5, 0.6) is 0 Å². The first-order chi connectivity index (χ1) is 9.90. The molecule has 6 heteroatoms. The van der Waals surface area contributed by atoms with Gasteiger partial charge in [0.25, 0.3) is 6.43 Å². The number of alkyl halides is 2. The third-order valence-corrected chi connectivity index (χ3v) is 3.04. The van der Waals surface area contributed by atoms with E-state index in [4.69, 9.17) is 4.74 Å². The Hall–Kier alpha value is -1.14. The van der Waals surface area contributed by atoms with E-state index in [1.165, 1.54) is 0 Å². The van der Waals surface area contributed by atoms with Crippen LogP contribution in [0.2, 0.25) is 0 Å². The van der Waals surface area contributed by atoms with Crippen LogP contribution in [0.4, 0.5) is 8.78 Å². The van der Waals surface area contributed by atoms with Crippen LogP contribution in [0.15, 0.2) is 0 Å². The van der Waals surface area contributed by atoms with Crippen molar-refractivity contribution in [3.8, 4) is 0 Å². The van der Waals surface area contributed by atoms with Crippen molar-refractivity contribution in [1.29, 1.82) is 0 Å². The quantitative estimate of drug-likeness (QED) is 0.712. The smallest absolute Gasteiger partial charge is 0.261 e. The topological polar surface area (TPSA) is 47.0 Å². The molecule has 0 amide bonds. The lowest BCUT2D eigenvalue weighted by Gasteiger charge is -2.13. The van der Waals surface area contributed by atoms with Crippen LogP contribution in [-0.4, -0.2) is 36.2 Å². The van der Waals surface area contributed by atoms with Gasteiger partial charge in [0.05, 0.1) is 6.61 Å². The maximum absolute atomic E-state index is 12.0. The summed E-state index contributed by atoms with van der Waals surface area (Å²) in [5.41, 5.74) is 2.97. The molecule has 0 bridgehead atoms. The standard InChI is InChI=1S/C15H25F2N3O/c1-10(2)7-18-8-13-11(3)19-15(20-12(13)4)5-6-21-9-14(16)17/h10,14,18H,5-9H2,1-4H3. The zero-order valence-corrected chi connectivity index (χ0v) is 13.2. The number of nitrogens with zero attached hydrogens (tertiary/aromatic N) is 2. The molecule has 0 atom stereocenters. The van der Waals surface area contributed by atoms with Crippen molar-refractivity contribution in [1.82, 2.24) is 15.3 Å². The lowest BCUT2D eigenvalue weighted by atomic mass is 10.1. The SMILES string of the molecule is Cc1nc(CCOCC(F)F)nc(C)c1CNCC(C)C. The summed E-state index contributed by atoms with van der Waals surface area (Å²) in [7, 11) is 0. The number of hydrogen-bond donors (Lipinski definition) is 1. The molecule has 0 saturated heterocycles. The minimum absolute atomic E-state index is 0.216. The van der Waals surface area contributed by atoms with Gasteiger partial charge < -0.3 is 10.1 Å². The fraction of sp³-hybridized carbons (Fsp3) is 0.733.